The van der Waals surface area contributed by atoms with Crippen LogP contribution in [0.5, 0.6) is 5.75 Å². The highest BCUT2D eigenvalue weighted by Crippen LogP contribution is 2.27. The summed E-state index contributed by atoms with van der Waals surface area (Å²) in [6, 6.07) is 8.58. The molecule has 0 aliphatic rings. The Morgan fingerprint density at radius 2 is 1.90 bits per heavy atom. The Bertz CT molecular complexity index is 511. The van der Waals surface area contributed by atoms with E-state index in [2.05, 4.69) is 51.2 Å². The van der Waals surface area contributed by atoms with Crippen molar-refractivity contribution < 1.29 is 4.74 Å². The summed E-state index contributed by atoms with van der Waals surface area (Å²) < 4.78 is 5.87. The fraction of sp³-hybridized carbons (Fsp3) is 0.611. The van der Waals surface area contributed by atoms with Crippen molar-refractivity contribution >= 4 is 0 Å². The molecule has 0 heterocycles. The lowest BCUT2D eigenvalue weighted by atomic mass is 9.86. The highest BCUT2D eigenvalue weighted by atomic mass is 16.5. The average molecular weight is 288 g/mol. The van der Waals surface area contributed by atoms with E-state index in [0.29, 0.717) is 6.61 Å². The normalized spacial score (nSPS) is 14.3. The molecule has 116 valence electrons. The second-order valence-corrected chi connectivity index (χ2v) is 6.89. The van der Waals surface area contributed by atoms with Crippen molar-refractivity contribution in [2.75, 3.05) is 13.2 Å². The van der Waals surface area contributed by atoms with Crippen LogP contribution in [0.2, 0.25) is 0 Å². The highest BCUT2D eigenvalue weighted by molar-refractivity contribution is 5.38. The largest absolute Gasteiger partial charge is 0.490 e. The maximum atomic E-state index is 9.32. The minimum absolute atomic E-state index is 0.132. The first kappa shape index (κ1) is 17.5. The molecule has 0 bridgehead atoms. The van der Waals surface area contributed by atoms with E-state index in [4.69, 9.17) is 4.74 Å². The molecule has 1 rings (SSSR count). The fourth-order valence-corrected chi connectivity index (χ4v) is 2.02. The lowest BCUT2D eigenvalue weighted by Gasteiger charge is -2.25. The molecule has 0 aliphatic carbocycles. The molecule has 3 nitrogen and oxygen atoms in total. The molecule has 0 fully saturated rings. The van der Waals surface area contributed by atoms with Gasteiger partial charge in [0.05, 0.1) is 6.07 Å². The van der Waals surface area contributed by atoms with Crippen LogP contribution in [0.4, 0.5) is 0 Å². The van der Waals surface area contributed by atoms with Crippen molar-refractivity contribution in [1.29, 1.82) is 5.26 Å². The quantitative estimate of drug-likeness (QED) is 0.862. The molecule has 1 aromatic rings. The minimum Gasteiger partial charge on any atom is -0.490 e. The molecule has 1 aromatic carbocycles. The van der Waals surface area contributed by atoms with Crippen LogP contribution >= 0.6 is 0 Å². The zero-order chi connectivity index (χ0) is 16.1. The third-order valence-electron chi connectivity index (χ3n) is 3.57. The van der Waals surface area contributed by atoms with Gasteiger partial charge in [0.15, 0.2) is 0 Å². The summed E-state index contributed by atoms with van der Waals surface area (Å²) in [4.78, 5) is 0. The molecule has 0 spiro atoms. The van der Waals surface area contributed by atoms with E-state index in [-0.39, 0.29) is 5.41 Å². The lowest BCUT2D eigenvalue weighted by molar-refractivity contribution is 0.233. The topological polar surface area (TPSA) is 45.0 Å². The average Bonchev–Trinajstić information content (AvgIpc) is 2.42. The molecule has 0 amide bonds. The maximum Gasteiger partial charge on any atom is 0.138 e. The van der Waals surface area contributed by atoms with Crippen LogP contribution in [-0.2, 0) is 5.41 Å². The SMILES string of the molecule is CCCNC(C)(C#N)COc1ccc(C(C)(C)C)cc1C. The second kappa shape index (κ2) is 6.95. The van der Waals surface area contributed by atoms with E-state index in [9.17, 15) is 5.26 Å². The summed E-state index contributed by atoms with van der Waals surface area (Å²) in [5.74, 6) is 0.850. The Morgan fingerprint density at radius 1 is 1.24 bits per heavy atom. The molecule has 1 unspecified atom stereocenters. The summed E-state index contributed by atoms with van der Waals surface area (Å²) in [6.45, 7) is 13.8. The predicted molar refractivity (Wildman–Crippen MR) is 87.7 cm³/mol. The van der Waals surface area contributed by atoms with Gasteiger partial charge in [-0.05, 0) is 49.4 Å². The zero-order valence-electron chi connectivity index (χ0n) is 14.2. The molecule has 21 heavy (non-hydrogen) atoms. The first-order chi connectivity index (χ1) is 9.72. The van der Waals surface area contributed by atoms with Crippen molar-refractivity contribution in [2.45, 2.75) is 58.9 Å². The molecule has 0 saturated heterocycles. The monoisotopic (exact) mass is 288 g/mol. The second-order valence-electron chi connectivity index (χ2n) is 6.89. The number of benzene rings is 1. The van der Waals surface area contributed by atoms with Gasteiger partial charge in [0, 0.05) is 0 Å². The fourth-order valence-electron chi connectivity index (χ4n) is 2.02. The molecule has 1 atom stereocenters. The Labute approximate surface area is 129 Å². The van der Waals surface area contributed by atoms with Gasteiger partial charge >= 0.3 is 0 Å². The van der Waals surface area contributed by atoms with Gasteiger partial charge in [-0.1, -0.05) is 39.8 Å². The summed E-state index contributed by atoms with van der Waals surface area (Å²) in [5.41, 5.74) is 1.89. The Hall–Kier alpha value is -1.53. The van der Waals surface area contributed by atoms with Gasteiger partial charge in [-0.3, -0.25) is 5.32 Å². The Balaban J connectivity index is 2.78. The predicted octanol–water partition coefficient (Wildman–Crippen LogP) is 3.95. The van der Waals surface area contributed by atoms with Crippen molar-refractivity contribution in [1.82, 2.24) is 5.32 Å². The van der Waals surface area contributed by atoms with E-state index < -0.39 is 5.54 Å². The lowest BCUT2D eigenvalue weighted by Crippen LogP contribution is -2.46. The van der Waals surface area contributed by atoms with Crippen LogP contribution in [0.1, 0.15) is 52.2 Å². The number of nitrogens with one attached hydrogen (secondary N) is 1. The molecule has 1 N–H and O–H groups in total. The zero-order valence-corrected chi connectivity index (χ0v) is 14.2. The molecule has 0 aromatic heterocycles. The first-order valence-electron chi connectivity index (χ1n) is 7.62. The third-order valence-corrected chi connectivity index (χ3v) is 3.57. The van der Waals surface area contributed by atoms with Crippen LogP contribution in [0.3, 0.4) is 0 Å². The third kappa shape index (κ3) is 5.06. The molecule has 0 saturated carbocycles. The summed E-state index contributed by atoms with van der Waals surface area (Å²) >= 11 is 0. The van der Waals surface area contributed by atoms with Crippen LogP contribution in [0.25, 0.3) is 0 Å². The van der Waals surface area contributed by atoms with E-state index in [1.165, 1.54) is 5.56 Å². The van der Waals surface area contributed by atoms with E-state index in [1.807, 2.05) is 19.9 Å². The summed E-state index contributed by atoms with van der Waals surface area (Å²) in [7, 11) is 0. The van der Waals surface area contributed by atoms with Gasteiger partial charge in [0.1, 0.15) is 17.9 Å². The van der Waals surface area contributed by atoms with Crippen LogP contribution in [0.15, 0.2) is 18.2 Å². The van der Waals surface area contributed by atoms with Gasteiger partial charge in [-0.25, -0.2) is 0 Å². The van der Waals surface area contributed by atoms with Crippen molar-refractivity contribution in [3.8, 4) is 11.8 Å². The Kier molecular flexibility index (Phi) is 5.80. The minimum atomic E-state index is -0.648. The van der Waals surface area contributed by atoms with Gasteiger partial charge in [-0.2, -0.15) is 5.26 Å². The van der Waals surface area contributed by atoms with Gasteiger partial charge in [0.2, 0.25) is 0 Å². The van der Waals surface area contributed by atoms with E-state index >= 15 is 0 Å². The smallest absolute Gasteiger partial charge is 0.138 e. The number of rotatable bonds is 6. The van der Waals surface area contributed by atoms with Crippen LogP contribution in [0, 0.1) is 18.3 Å². The maximum absolute atomic E-state index is 9.32. The number of ether oxygens (including phenoxy) is 1. The van der Waals surface area contributed by atoms with Gasteiger partial charge < -0.3 is 4.74 Å². The first-order valence-corrected chi connectivity index (χ1v) is 7.62. The summed E-state index contributed by atoms with van der Waals surface area (Å²) in [6.07, 6.45) is 0.997. The highest BCUT2D eigenvalue weighted by Gasteiger charge is 2.24. The van der Waals surface area contributed by atoms with Crippen molar-refractivity contribution in [3.63, 3.8) is 0 Å². The Morgan fingerprint density at radius 3 is 2.38 bits per heavy atom. The standard InChI is InChI=1S/C18H28N2O/c1-7-10-20-18(6,12-19)13-21-16-9-8-15(11-14(16)2)17(3,4)5/h8-9,11,20H,7,10,13H2,1-6H3. The van der Waals surface area contributed by atoms with Crippen LogP contribution < -0.4 is 10.1 Å². The molecular weight excluding hydrogens is 260 g/mol. The number of hydrogen-bond donors (Lipinski definition) is 1. The van der Waals surface area contributed by atoms with Gasteiger partial charge in [-0.15, -0.1) is 0 Å². The molecule has 0 aliphatic heterocycles. The van der Waals surface area contributed by atoms with Crippen molar-refractivity contribution in [2.24, 2.45) is 0 Å². The van der Waals surface area contributed by atoms with Crippen molar-refractivity contribution in [3.05, 3.63) is 29.3 Å². The van der Waals surface area contributed by atoms with E-state index in [1.54, 1.807) is 0 Å². The van der Waals surface area contributed by atoms with Crippen LogP contribution in [-0.4, -0.2) is 18.7 Å². The van der Waals surface area contributed by atoms with Gasteiger partial charge in [0.25, 0.3) is 0 Å². The molecule has 3 heteroatoms. The molecular formula is C18H28N2O. The number of aryl methyl sites for hydroxylation is 1. The number of nitrogens with zero attached hydrogens (tertiary/aromatic N) is 1. The van der Waals surface area contributed by atoms with E-state index in [0.717, 1.165) is 24.3 Å². The molecule has 0 radical (unpaired) electrons. The number of hydrogen-bond acceptors (Lipinski definition) is 3. The number of nitriles is 1. The summed E-state index contributed by atoms with van der Waals surface area (Å²) in [5, 5.41) is 12.6.